The van der Waals surface area contributed by atoms with Gasteiger partial charge in [0, 0.05) is 0 Å². The van der Waals surface area contributed by atoms with Crippen LogP contribution in [0.25, 0.3) is 0 Å². The van der Waals surface area contributed by atoms with Gasteiger partial charge in [-0.05, 0) is 17.6 Å². The highest BCUT2D eigenvalue weighted by molar-refractivity contribution is 6.58. The maximum absolute atomic E-state index is 13.1. The van der Waals surface area contributed by atoms with Crippen molar-refractivity contribution in [2.45, 2.75) is 13.8 Å². The number of benzene rings is 1. The molecule has 94 valence electrons. The minimum absolute atomic E-state index is 0.377. The number of hydrogen-bond acceptors (Lipinski definition) is 4. The minimum atomic E-state index is -2.00. The lowest BCUT2D eigenvalue weighted by atomic mass is 9.80. The van der Waals surface area contributed by atoms with E-state index in [-0.39, 0.29) is 5.46 Å². The molecule has 7 heteroatoms. The molecule has 0 radical (unpaired) electrons. The third kappa shape index (κ3) is 3.79. The second-order valence-corrected chi connectivity index (χ2v) is 2.72. The molecular weight excluding hydrogens is 233 g/mol. The average Bonchev–Trinajstić information content (AvgIpc) is 2.30. The van der Waals surface area contributed by atoms with Gasteiger partial charge in [0.05, 0.1) is 7.11 Å². The van der Waals surface area contributed by atoms with Crippen LogP contribution in [0.5, 0.6) is 0 Å². The van der Waals surface area contributed by atoms with Gasteiger partial charge in [-0.2, -0.15) is 0 Å². The van der Waals surface area contributed by atoms with E-state index in [2.05, 4.69) is 4.74 Å². The molecule has 0 bridgehead atoms. The van der Waals surface area contributed by atoms with Crippen molar-refractivity contribution in [3.05, 3.63) is 29.3 Å². The molecule has 0 saturated heterocycles. The summed E-state index contributed by atoms with van der Waals surface area (Å²) in [6.45, 7) is 4.00. The van der Waals surface area contributed by atoms with Crippen molar-refractivity contribution >= 4 is 18.6 Å². The average molecular weight is 246 g/mol. The fourth-order valence-electron chi connectivity index (χ4n) is 1.04. The Morgan fingerprint density at radius 3 is 1.94 bits per heavy atom. The molecule has 0 spiro atoms. The normalized spacial score (nSPS) is 9.12. The lowest BCUT2D eigenvalue weighted by Crippen LogP contribution is -2.31. The predicted molar refractivity (Wildman–Crippen MR) is 58.9 cm³/mol. The van der Waals surface area contributed by atoms with Crippen molar-refractivity contribution in [2.75, 3.05) is 7.11 Å². The smallest absolute Gasteiger partial charge is 0.465 e. The summed E-state index contributed by atoms with van der Waals surface area (Å²) in [5.41, 5.74) is -1.24. The van der Waals surface area contributed by atoms with Crippen molar-refractivity contribution in [3.8, 4) is 0 Å². The summed E-state index contributed by atoms with van der Waals surface area (Å²) in [7, 11) is -1.02. The molecule has 1 aromatic rings. The molecule has 0 aliphatic heterocycles. The Hall–Kier alpha value is -1.47. The number of ether oxygens (including phenoxy) is 1. The first kappa shape index (κ1) is 15.5. The summed E-state index contributed by atoms with van der Waals surface area (Å²) in [5.74, 6) is -3.57. The molecule has 2 N–H and O–H groups in total. The summed E-state index contributed by atoms with van der Waals surface area (Å²) in [6.07, 6.45) is 0. The number of methoxy groups -OCH3 is 1. The van der Waals surface area contributed by atoms with E-state index in [1.807, 2.05) is 13.8 Å². The molecule has 0 atom stereocenters. The van der Waals surface area contributed by atoms with E-state index in [9.17, 15) is 13.6 Å². The first-order valence-corrected chi connectivity index (χ1v) is 4.90. The molecule has 1 aromatic carbocycles. The van der Waals surface area contributed by atoms with Gasteiger partial charge in [-0.1, -0.05) is 13.8 Å². The minimum Gasteiger partial charge on any atom is -0.465 e. The van der Waals surface area contributed by atoms with Crippen LogP contribution in [0.3, 0.4) is 0 Å². The molecular formula is C10H13BF2O4. The summed E-state index contributed by atoms with van der Waals surface area (Å²) < 4.78 is 30.4. The van der Waals surface area contributed by atoms with Crippen LogP contribution in [0, 0.1) is 11.6 Å². The maximum atomic E-state index is 13.1. The SMILES string of the molecule is CC.COC(=O)c1c(F)cc(B(O)O)cc1F. The van der Waals surface area contributed by atoms with Gasteiger partial charge < -0.3 is 14.8 Å². The summed E-state index contributed by atoms with van der Waals surface area (Å²) in [5, 5.41) is 17.3. The van der Waals surface area contributed by atoms with Crippen molar-refractivity contribution in [3.63, 3.8) is 0 Å². The fourth-order valence-corrected chi connectivity index (χ4v) is 1.04. The van der Waals surface area contributed by atoms with Crippen LogP contribution in [-0.2, 0) is 4.74 Å². The molecule has 0 saturated carbocycles. The van der Waals surface area contributed by atoms with E-state index < -0.39 is 30.3 Å². The molecule has 0 aliphatic carbocycles. The van der Waals surface area contributed by atoms with Gasteiger partial charge in [0.1, 0.15) is 17.2 Å². The van der Waals surface area contributed by atoms with E-state index in [1.165, 1.54) is 0 Å². The van der Waals surface area contributed by atoms with Crippen LogP contribution in [0.4, 0.5) is 8.78 Å². The van der Waals surface area contributed by atoms with Gasteiger partial charge in [0.25, 0.3) is 0 Å². The molecule has 0 heterocycles. The number of halogens is 2. The van der Waals surface area contributed by atoms with Gasteiger partial charge >= 0.3 is 13.1 Å². The zero-order valence-electron chi connectivity index (χ0n) is 9.70. The number of carbonyl (C=O) groups excluding carboxylic acids is 1. The van der Waals surface area contributed by atoms with Crippen LogP contribution < -0.4 is 5.46 Å². The van der Waals surface area contributed by atoms with Crippen molar-refractivity contribution in [1.82, 2.24) is 0 Å². The molecule has 0 unspecified atom stereocenters. The van der Waals surface area contributed by atoms with Crippen LogP contribution in [0.1, 0.15) is 24.2 Å². The molecule has 0 amide bonds. The number of hydrogen-bond donors (Lipinski definition) is 2. The standard InChI is InChI=1S/C8H7BF2O4.C2H6/c1-15-8(12)7-5(10)2-4(9(13)14)3-6(7)11;1-2/h2-3,13-14H,1H3;1-2H3. The van der Waals surface area contributed by atoms with Crippen molar-refractivity contribution in [1.29, 1.82) is 0 Å². The Kier molecular flexibility index (Phi) is 6.38. The van der Waals surface area contributed by atoms with E-state index in [0.717, 1.165) is 7.11 Å². The Morgan fingerprint density at radius 1 is 1.24 bits per heavy atom. The Labute approximate surface area is 98.0 Å². The zero-order valence-corrected chi connectivity index (χ0v) is 9.70. The Balaban J connectivity index is 0.00000121. The summed E-state index contributed by atoms with van der Waals surface area (Å²) in [6, 6.07) is 1.31. The van der Waals surface area contributed by atoms with Gasteiger partial charge in [-0.25, -0.2) is 13.6 Å². The molecule has 0 fully saturated rings. The highest BCUT2D eigenvalue weighted by atomic mass is 19.1. The number of esters is 1. The van der Waals surface area contributed by atoms with Crippen LogP contribution in [0.2, 0.25) is 0 Å². The number of rotatable bonds is 2. The lowest BCUT2D eigenvalue weighted by Gasteiger charge is -2.05. The quantitative estimate of drug-likeness (QED) is 0.587. The topological polar surface area (TPSA) is 66.8 Å². The highest BCUT2D eigenvalue weighted by Crippen LogP contribution is 2.12. The first-order chi connectivity index (χ1) is 7.97. The van der Waals surface area contributed by atoms with Crippen LogP contribution in [-0.4, -0.2) is 30.2 Å². The van der Waals surface area contributed by atoms with E-state index >= 15 is 0 Å². The lowest BCUT2D eigenvalue weighted by molar-refractivity contribution is 0.0590. The Bertz CT molecular complexity index is 373. The summed E-state index contributed by atoms with van der Waals surface area (Å²) >= 11 is 0. The largest absolute Gasteiger partial charge is 0.488 e. The molecule has 0 aromatic heterocycles. The van der Waals surface area contributed by atoms with Crippen LogP contribution >= 0.6 is 0 Å². The zero-order chi connectivity index (χ0) is 13.6. The van der Waals surface area contributed by atoms with E-state index in [0.29, 0.717) is 12.1 Å². The first-order valence-electron chi connectivity index (χ1n) is 4.90. The van der Waals surface area contributed by atoms with E-state index in [4.69, 9.17) is 10.0 Å². The fraction of sp³-hybridized carbons (Fsp3) is 0.300. The monoisotopic (exact) mass is 246 g/mol. The molecule has 1 rings (SSSR count). The van der Waals surface area contributed by atoms with Crippen LogP contribution in [0.15, 0.2) is 12.1 Å². The third-order valence-corrected chi connectivity index (χ3v) is 1.75. The second-order valence-electron chi connectivity index (χ2n) is 2.72. The van der Waals surface area contributed by atoms with Crippen molar-refractivity contribution < 1.29 is 28.4 Å². The van der Waals surface area contributed by atoms with E-state index in [1.54, 1.807) is 0 Å². The molecule has 17 heavy (non-hydrogen) atoms. The number of carbonyl (C=O) groups is 1. The second kappa shape index (κ2) is 6.98. The third-order valence-electron chi connectivity index (χ3n) is 1.75. The Morgan fingerprint density at radius 2 is 1.65 bits per heavy atom. The van der Waals surface area contributed by atoms with Gasteiger partial charge in [0.15, 0.2) is 0 Å². The highest BCUT2D eigenvalue weighted by Gasteiger charge is 2.22. The summed E-state index contributed by atoms with van der Waals surface area (Å²) in [4.78, 5) is 10.9. The predicted octanol–water partition coefficient (Wildman–Crippen LogP) is 0.457. The van der Waals surface area contributed by atoms with Crippen molar-refractivity contribution in [2.24, 2.45) is 0 Å². The molecule has 0 aliphatic rings. The maximum Gasteiger partial charge on any atom is 0.488 e. The molecule has 4 nitrogen and oxygen atoms in total. The van der Waals surface area contributed by atoms with Gasteiger partial charge in [-0.15, -0.1) is 0 Å². The van der Waals surface area contributed by atoms with Gasteiger partial charge in [-0.3, -0.25) is 0 Å². The van der Waals surface area contributed by atoms with Gasteiger partial charge in [0.2, 0.25) is 0 Å².